The Morgan fingerprint density at radius 3 is 2.55 bits per heavy atom. The fourth-order valence-corrected chi connectivity index (χ4v) is 5.07. The van der Waals surface area contributed by atoms with Crippen LogP contribution in [0.15, 0.2) is 27.7 Å². The van der Waals surface area contributed by atoms with Gasteiger partial charge in [0.2, 0.25) is 0 Å². The molecule has 2 nitrogen and oxygen atoms in total. The maximum Gasteiger partial charge on any atom is 0.127 e. The van der Waals surface area contributed by atoms with E-state index in [2.05, 4.69) is 35.8 Å². The molecule has 2 aliphatic rings. The van der Waals surface area contributed by atoms with Crippen LogP contribution in [0.4, 0.5) is 0 Å². The molecule has 2 fully saturated rings. The van der Waals surface area contributed by atoms with E-state index in [1.54, 1.807) is 7.11 Å². The Hall–Kier alpha value is -0.830. The zero-order valence-corrected chi connectivity index (χ0v) is 15.4. The lowest BCUT2D eigenvalue weighted by Crippen LogP contribution is -2.39. The van der Waals surface area contributed by atoms with Gasteiger partial charge in [-0.05, 0) is 75.0 Å². The van der Waals surface area contributed by atoms with Gasteiger partial charge in [-0.3, -0.25) is 4.99 Å². The highest BCUT2D eigenvalue weighted by Crippen LogP contribution is 2.47. The van der Waals surface area contributed by atoms with E-state index in [0.29, 0.717) is 0 Å². The SMILES string of the molecule is COc1ccc(Br)cc1C=NC1(C)CC2CC(C)CC(C2)C1. The molecule has 3 heteroatoms. The first kappa shape index (κ1) is 16.0. The van der Waals surface area contributed by atoms with Crippen LogP contribution in [0, 0.1) is 17.8 Å². The number of aliphatic imine (C=N–C) groups is 1. The molecule has 0 saturated heterocycles. The Kier molecular flexibility index (Phi) is 4.63. The molecule has 2 aliphatic carbocycles. The molecule has 0 heterocycles. The molecule has 2 unspecified atom stereocenters. The van der Waals surface area contributed by atoms with Gasteiger partial charge in [-0.1, -0.05) is 22.9 Å². The number of hydrogen-bond acceptors (Lipinski definition) is 2. The van der Waals surface area contributed by atoms with Gasteiger partial charge in [0.15, 0.2) is 0 Å². The number of nitrogens with zero attached hydrogens (tertiary/aromatic N) is 1. The second kappa shape index (κ2) is 6.35. The summed E-state index contributed by atoms with van der Waals surface area (Å²) in [6, 6.07) is 6.08. The highest BCUT2D eigenvalue weighted by Gasteiger charge is 2.40. The van der Waals surface area contributed by atoms with Crippen molar-refractivity contribution in [2.75, 3.05) is 7.11 Å². The van der Waals surface area contributed by atoms with Crippen molar-refractivity contribution < 1.29 is 4.74 Å². The molecule has 0 aromatic heterocycles. The zero-order valence-electron chi connectivity index (χ0n) is 13.8. The third kappa shape index (κ3) is 3.56. The van der Waals surface area contributed by atoms with Crippen molar-refractivity contribution in [3.05, 3.63) is 28.2 Å². The van der Waals surface area contributed by atoms with E-state index in [1.165, 1.54) is 32.1 Å². The number of ether oxygens (including phenoxy) is 1. The highest BCUT2D eigenvalue weighted by molar-refractivity contribution is 9.10. The second-order valence-electron chi connectivity index (χ2n) is 7.59. The van der Waals surface area contributed by atoms with Gasteiger partial charge in [0.1, 0.15) is 5.75 Å². The van der Waals surface area contributed by atoms with Gasteiger partial charge >= 0.3 is 0 Å². The first-order valence-corrected chi connectivity index (χ1v) is 9.15. The van der Waals surface area contributed by atoms with E-state index in [9.17, 15) is 0 Å². The van der Waals surface area contributed by atoms with E-state index in [0.717, 1.165) is 33.5 Å². The van der Waals surface area contributed by atoms with Gasteiger partial charge in [0, 0.05) is 16.3 Å². The van der Waals surface area contributed by atoms with Gasteiger partial charge < -0.3 is 4.74 Å². The number of hydrogen-bond donors (Lipinski definition) is 0. The summed E-state index contributed by atoms with van der Waals surface area (Å²) in [7, 11) is 1.72. The summed E-state index contributed by atoms with van der Waals surface area (Å²) in [6.45, 7) is 4.75. The third-order valence-corrected chi connectivity index (χ3v) is 5.80. The highest BCUT2D eigenvalue weighted by atomic mass is 79.9. The van der Waals surface area contributed by atoms with Crippen LogP contribution in [-0.4, -0.2) is 18.9 Å². The molecule has 0 radical (unpaired) electrons. The Labute approximate surface area is 142 Å². The number of halogens is 1. The Balaban J connectivity index is 1.79. The van der Waals surface area contributed by atoms with Crippen LogP contribution in [0.25, 0.3) is 0 Å². The van der Waals surface area contributed by atoms with Gasteiger partial charge in [0.05, 0.1) is 12.6 Å². The number of methoxy groups -OCH3 is 1. The van der Waals surface area contributed by atoms with E-state index in [4.69, 9.17) is 9.73 Å². The Bertz CT molecular complexity index is 551. The quantitative estimate of drug-likeness (QED) is 0.651. The van der Waals surface area contributed by atoms with Crippen LogP contribution >= 0.6 is 15.9 Å². The normalized spacial score (nSPS) is 34.8. The van der Waals surface area contributed by atoms with Crippen molar-refractivity contribution in [1.29, 1.82) is 0 Å². The third-order valence-electron chi connectivity index (χ3n) is 5.30. The molecular weight excluding hydrogens is 338 g/mol. The number of benzene rings is 1. The summed E-state index contributed by atoms with van der Waals surface area (Å²) in [6.07, 6.45) is 8.70. The molecule has 0 spiro atoms. The summed E-state index contributed by atoms with van der Waals surface area (Å²) in [4.78, 5) is 5.02. The molecule has 22 heavy (non-hydrogen) atoms. The molecule has 0 amide bonds. The van der Waals surface area contributed by atoms with Gasteiger partial charge in [-0.2, -0.15) is 0 Å². The molecule has 120 valence electrons. The average molecular weight is 364 g/mol. The minimum Gasteiger partial charge on any atom is -0.496 e. The fraction of sp³-hybridized carbons (Fsp3) is 0.632. The predicted molar refractivity (Wildman–Crippen MR) is 95.9 cm³/mol. The standard InChI is InChI=1S/C19H26BrNO/c1-13-6-14-8-15(7-13)11-19(2,10-14)21-12-16-9-17(20)4-5-18(16)22-3/h4-5,9,12-15H,6-8,10-11H2,1-3H3. The molecular formula is C19H26BrNO. The lowest BCUT2D eigenvalue weighted by molar-refractivity contribution is 0.0949. The predicted octanol–water partition coefficient (Wildman–Crippen LogP) is 5.48. The summed E-state index contributed by atoms with van der Waals surface area (Å²) >= 11 is 3.53. The molecule has 0 N–H and O–H groups in total. The van der Waals surface area contributed by atoms with Crippen LogP contribution < -0.4 is 4.74 Å². The van der Waals surface area contributed by atoms with Crippen molar-refractivity contribution in [3.8, 4) is 5.75 Å². The maximum atomic E-state index is 5.45. The minimum atomic E-state index is 0.0983. The Morgan fingerprint density at radius 2 is 1.91 bits per heavy atom. The lowest BCUT2D eigenvalue weighted by atomic mass is 9.63. The maximum absolute atomic E-state index is 5.45. The first-order chi connectivity index (χ1) is 10.5. The van der Waals surface area contributed by atoms with E-state index >= 15 is 0 Å². The van der Waals surface area contributed by atoms with E-state index in [1.807, 2.05) is 18.3 Å². The van der Waals surface area contributed by atoms with Crippen molar-refractivity contribution in [2.45, 2.75) is 51.5 Å². The van der Waals surface area contributed by atoms with Crippen LogP contribution in [-0.2, 0) is 0 Å². The lowest BCUT2D eigenvalue weighted by Gasteiger charge is -2.45. The average Bonchev–Trinajstić information content (AvgIpc) is 2.44. The minimum absolute atomic E-state index is 0.0983. The van der Waals surface area contributed by atoms with Gasteiger partial charge in [-0.15, -0.1) is 0 Å². The zero-order chi connectivity index (χ0) is 15.7. The molecule has 3 rings (SSSR count). The van der Waals surface area contributed by atoms with Crippen LogP contribution in [0.5, 0.6) is 5.75 Å². The molecule has 1 aromatic carbocycles. The number of fused-ring (bicyclic) bond motifs is 2. The Morgan fingerprint density at radius 1 is 1.23 bits per heavy atom. The molecule has 1 aromatic rings. The van der Waals surface area contributed by atoms with Crippen LogP contribution in [0.2, 0.25) is 0 Å². The smallest absolute Gasteiger partial charge is 0.127 e. The monoisotopic (exact) mass is 363 g/mol. The second-order valence-corrected chi connectivity index (χ2v) is 8.51. The summed E-state index contributed by atoms with van der Waals surface area (Å²) < 4.78 is 6.51. The van der Waals surface area contributed by atoms with E-state index in [-0.39, 0.29) is 5.54 Å². The number of rotatable bonds is 3. The summed E-state index contributed by atoms with van der Waals surface area (Å²) in [5.41, 5.74) is 1.16. The van der Waals surface area contributed by atoms with Crippen molar-refractivity contribution in [1.82, 2.24) is 0 Å². The van der Waals surface area contributed by atoms with Crippen LogP contribution in [0.3, 0.4) is 0 Å². The summed E-state index contributed by atoms with van der Waals surface area (Å²) in [5.74, 6) is 3.53. The molecule has 2 saturated carbocycles. The van der Waals surface area contributed by atoms with Crippen molar-refractivity contribution in [2.24, 2.45) is 22.7 Å². The van der Waals surface area contributed by atoms with Crippen molar-refractivity contribution in [3.63, 3.8) is 0 Å². The molecule has 2 atom stereocenters. The van der Waals surface area contributed by atoms with Crippen molar-refractivity contribution >= 4 is 22.1 Å². The van der Waals surface area contributed by atoms with E-state index < -0.39 is 0 Å². The summed E-state index contributed by atoms with van der Waals surface area (Å²) in [5, 5.41) is 0. The van der Waals surface area contributed by atoms with Gasteiger partial charge in [0.25, 0.3) is 0 Å². The first-order valence-electron chi connectivity index (χ1n) is 8.36. The van der Waals surface area contributed by atoms with Gasteiger partial charge in [-0.25, -0.2) is 0 Å². The van der Waals surface area contributed by atoms with Crippen LogP contribution in [0.1, 0.15) is 51.5 Å². The fourth-order valence-electron chi connectivity index (χ4n) is 4.70. The molecule has 2 bridgehead atoms. The largest absolute Gasteiger partial charge is 0.496 e. The topological polar surface area (TPSA) is 21.6 Å². The molecule has 0 aliphatic heterocycles.